The van der Waals surface area contributed by atoms with Gasteiger partial charge in [-0.15, -0.1) is 0 Å². The second kappa shape index (κ2) is 6.92. The van der Waals surface area contributed by atoms with Crippen molar-refractivity contribution in [1.82, 2.24) is 16.0 Å². The van der Waals surface area contributed by atoms with Crippen molar-refractivity contribution < 1.29 is 0 Å². The number of nitrogens with one attached hydrogen (secondary N) is 3. The van der Waals surface area contributed by atoms with E-state index < -0.39 is 0 Å². The van der Waals surface area contributed by atoms with Crippen LogP contribution in [0.1, 0.15) is 55.2 Å². The summed E-state index contributed by atoms with van der Waals surface area (Å²) in [5.74, 6) is 0. The van der Waals surface area contributed by atoms with Crippen LogP contribution >= 0.6 is 0 Å². The molecule has 23 heavy (non-hydrogen) atoms. The molecule has 1 atom stereocenters. The molecule has 1 aliphatic carbocycles. The third-order valence-corrected chi connectivity index (χ3v) is 6.53. The standard InChI is InChI=1S/C20H31N3/c1-2-8-20(9-12-21-13-10-20)19(6-1)23-15-17-5-3-4-16-14-22-11-7-18(16)17/h3-5,19,21-23H,1-2,6-15H2. The highest BCUT2D eigenvalue weighted by atomic mass is 15.0. The first-order valence-electron chi connectivity index (χ1n) is 9.62. The number of hydrogen-bond donors (Lipinski definition) is 3. The molecule has 3 heteroatoms. The lowest BCUT2D eigenvalue weighted by molar-refractivity contribution is 0.0814. The summed E-state index contributed by atoms with van der Waals surface area (Å²) in [4.78, 5) is 0. The molecule has 2 aliphatic heterocycles. The van der Waals surface area contributed by atoms with Crippen molar-refractivity contribution in [1.29, 1.82) is 0 Å². The van der Waals surface area contributed by atoms with Crippen molar-refractivity contribution in [2.45, 2.75) is 64.1 Å². The Morgan fingerprint density at radius 3 is 2.87 bits per heavy atom. The van der Waals surface area contributed by atoms with Gasteiger partial charge in [0.15, 0.2) is 0 Å². The molecule has 3 aliphatic rings. The molecule has 2 fully saturated rings. The van der Waals surface area contributed by atoms with E-state index in [0.717, 1.165) is 25.7 Å². The van der Waals surface area contributed by atoms with Gasteiger partial charge in [0.05, 0.1) is 0 Å². The topological polar surface area (TPSA) is 36.1 Å². The van der Waals surface area contributed by atoms with E-state index in [0.29, 0.717) is 5.41 Å². The number of fused-ring (bicyclic) bond motifs is 1. The summed E-state index contributed by atoms with van der Waals surface area (Å²) in [6, 6.07) is 7.59. The van der Waals surface area contributed by atoms with Gasteiger partial charge in [-0.25, -0.2) is 0 Å². The first kappa shape index (κ1) is 15.6. The van der Waals surface area contributed by atoms with E-state index in [4.69, 9.17) is 0 Å². The Morgan fingerprint density at radius 2 is 1.96 bits per heavy atom. The second-order valence-corrected chi connectivity index (χ2v) is 7.77. The highest BCUT2D eigenvalue weighted by molar-refractivity contribution is 5.37. The average molecular weight is 313 g/mol. The Labute approximate surface area is 140 Å². The first-order chi connectivity index (χ1) is 11.4. The van der Waals surface area contributed by atoms with E-state index in [2.05, 4.69) is 34.1 Å². The monoisotopic (exact) mass is 313 g/mol. The van der Waals surface area contributed by atoms with E-state index in [1.54, 1.807) is 11.1 Å². The largest absolute Gasteiger partial charge is 0.317 e. The zero-order valence-corrected chi connectivity index (χ0v) is 14.3. The highest BCUT2D eigenvalue weighted by Crippen LogP contribution is 2.43. The quantitative estimate of drug-likeness (QED) is 0.803. The SMILES string of the molecule is c1cc2c(c(CNC3CCCCC34CCNCC4)c1)CCNC2. The van der Waals surface area contributed by atoms with Crippen molar-refractivity contribution >= 4 is 0 Å². The Hall–Kier alpha value is -0.900. The zero-order chi connectivity index (χ0) is 15.5. The molecule has 0 bridgehead atoms. The smallest absolute Gasteiger partial charge is 0.0211 e. The van der Waals surface area contributed by atoms with Crippen molar-refractivity contribution in [3.05, 3.63) is 34.9 Å². The van der Waals surface area contributed by atoms with Crippen LogP contribution in [0.3, 0.4) is 0 Å². The summed E-state index contributed by atoms with van der Waals surface area (Å²) >= 11 is 0. The molecule has 1 saturated heterocycles. The van der Waals surface area contributed by atoms with Crippen LogP contribution in [0, 0.1) is 5.41 Å². The Morgan fingerprint density at radius 1 is 1.04 bits per heavy atom. The number of piperidine rings is 1. The van der Waals surface area contributed by atoms with Crippen molar-refractivity contribution in [2.75, 3.05) is 19.6 Å². The van der Waals surface area contributed by atoms with Gasteiger partial charge >= 0.3 is 0 Å². The molecule has 0 radical (unpaired) electrons. The molecule has 4 rings (SSSR count). The maximum absolute atomic E-state index is 4.00. The predicted octanol–water partition coefficient (Wildman–Crippen LogP) is 2.73. The molecule has 3 nitrogen and oxygen atoms in total. The van der Waals surface area contributed by atoms with Gasteiger partial charge in [0.25, 0.3) is 0 Å². The predicted molar refractivity (Wildman–Crippen MR) is 95.5 cm³/mol. The molecule has 1 saturated carbocycles. The molecule has 126 valence electrons. The summed E-state index contributed by atoms with van der Waals surface area (Å²) in [7, 11) is 0. The molecule has 1 spiro atoms. The maximum atomic E-state index is 4.00. The summed E-state index contributed by atoms with van der Waals surface area (Å²) in [5.41, 5.74) is 5.23. The fourth-order valence-corrected chi connectivity index (χ4v) is 5.16. The van der Waals surface area contributed by atoms with Crippen LogP contribution < -0.4 is 16.0 Å². The van der Waals surface area contributed by atoms with Gasteiger partial charge in [0.2, 0.25) is 0 Å². The van der Waals surface area contributed by atoms with Gasteiger partial charge < -0.3 is 16.0 Å². The number of rotatable bonds is 3. The first-order valence-corrected chi connectivity index (χ1v) is 9.62. The highest BCUT2D eigenvalue weighted by Gasteiger charge is 2.40. The van der Waals surface area contributed by atoms with E-state index in [9.17, 15) is 0 Å². The molecule has 1 aromatic rings. The van der Waals surface area contributed by atoms with E-state index >= 15 is 0 Å². The van der Waals surface area contributed by atoms with Gasteiger partial charge in [-0.2, -0.15) is 0 Å². The molecule has 2 heterocycles. The Kier molecular flexibility index (Phi) is 4.70. The van der Waals surface area contributed by atoms with Crippen LogP contribution in [0.15, 0.2) is 18.2 Å². The average Bonchev–Trinajstić information content (AvgIpc) is 2.62. The molecule has 0 amide bonds. The normalized spacial score (nSPS) is 26.9. The van der Waals surface area contributed by atoms with Crippen LogP contribution in [0.2, 0.25) is 0 Å². The van der Waals surface area contributed by atoms with Crippen molar-refractivity contribution in [2.24, 2.45) is 5.41 Å². The van der Waals surface area contributed by atoms with E-state index in [1.165, 1.54) is 63.6 Å². The summed E-state index contributed by atoms with van der Waals surface area (Å²) in [6.07, 6.45) is 9.56. The van der Waals surface area contributed by atoms with E-state index in [1.807, 2.05) is 0 Å². The zero-order valence-electron chi connectivity index (χ0n) is 14.3. The lowest BCUT2D eigenvalue weighted by atomic mass is 9.65. The minimum Gasteiger partial charge on any atom is -0.317 e. The second-order valence-electron chi connectivity index (χ2n) is 7.77. The fraction of sp³-hybridized carbons (Fsp3) is 0.700. The Balaban J connectivity index is 1.47. The molecule has 1 unspecified atom stereocenters. The van der Waals surface area contributed by atoms with Gasteiger partial charge in [-0.3, -0.25) is 0 Å². The fourth-order valence-electron chi connectivity index (χ4n) is 5.16. The maximum Gasteiger partial charge on any atom is 0.0211 e. The summed E-state index contributed by atoms with van der Waals surface area (Å²) in [5, 5.41) is 11.1. The minimum absolute atomic E-state index is 0.569. The lowest BCUT2D eigenvalue weighted by Crippen LogP contribution is -2.52. The Bertz CT molecular complexity index is 525. The summed E-state index contributed by atoms with van der Waals surface area (Å²) in [6.45, 7) is 5.66. The molecular weight excluding hydrogens is 282 g/mol. The van der Waals surface area contributed by atoms with Crippen LogP contribution in [-0.2, 0) is 19.5 Å². The third kappa shape index (κ3) is 3.19. The van der Waals surface area contributed by atoms with Gasteiger partial charge in [0.1, 0.15) is 0 Å². The third-order valence-electron chi connectivity index (χ3n) is 6.53. The van der Waals surface area contributed by atoms with Crippen LogP contribution in [0.25, 0.3) is 0 Å². The lowest BCUT2D eigenvalue weighted by Gasteiger charge is -2.47. The van der Waals surface area contributed by atoms with E-state index in [-0.39, 0.29) is 0 Å². The minimum atomic E-state index is 0.569. The van der Waals surface area contributed by atoms with Crippen molar-refractivity contribution in [3.8, 4) is 0 Å². The molecule has 0 aromatic heterocycles. The van der Waals surface area contributed by atoms with Crippen LogP contribution in [0.4, 0.5) is 0 Å². The van der Waals surface area contributed by atoms with Crippen LogP contribution in [-0.4, -0.2) is 25.7 Å². The van der Waals surface area contributed by atoms with Gasteiger partial charge in [-0.1, -0.05) is 31.0 Å². The molecule has 1 aromatic carbocycles. The van der Waals surface area contributed by atoms with Crippen molar-refractivity contribution in [3.63, 3.8) is 0 Å². The number of benzene rings is 1. The molecule has 3 N–H and O–H groups in total. The van der Waals surface area contributed by atoms with Gasteiger partial charge in [0, 0.05) is 19.1 Å². The van der Waals surface area contributed by atoms with Crippen LogP contribution in [0.5, 0.6) is 0 Å². The summed E-state index contributed by atoms with van der Waals surface area (Å²) < 4.78 is 0. The molecular formula is C20H31N3. The number of hydrogen-bond acceptors (Lipinski definition) is 3. The van der Waals surface area contributed by atoms with Gasteiger partial charge in [-0.05, 0) is 73.8 Å².